The van der Waals surface area contributed by atoms with Crippen molar-refractivity contribution < 1.29 is 49.4 Å². The standard InChI is InChI=1S/C23H34N2O4.Na/c1-2-21(26)24-17-13-8-6-4-3-5-7-12-16-22(27)25-20(23(28)29)18-19-14-10-9-11-15-19;/h2,9-11,14-15,20H,1,3-8,12-13,16-18H2,(H,24,26)(H,25,27)(H,28,29);/q;+1/p-1/t20-;/m0./s1. The summed E-state index contributed by atoms with van der Waals surface area (Å²) >= 11 is 0. The molecular formula is C23H33N2NaO4. The number of carbonyl (C=O) groups excluding carboxylic acids is 1. The molecule has 0 unspecified atom stereocenters. The molecule has 0 aliphatic heterocycles. The maximum absolute atomic E-state index is 12.0. The fraction of sp³-hybridized carbons (Fsp3) is 0.522. The van der Waals surface area contributed by atoms with Gasteiger partial charge in [0.15, 0.2) is 0 Å². The van der Waals surface area contributed by atoms with Gasteiger partial charge in [-0.2, -0.15) is 0 Å². The Balaban J connectivity index is 0.00000841. The van der Waals surface area contributed by atoms with Gasteiger partial charge in [0, 0.05) is 19.4 Å². The average molecular weight is 425 g/mol. The molecule has 6 nitrogen and oxygen atoms in total. The normalized spacial score (nSPS) is 11.9. The molecule has 1 atom stereocenters. The van der Waals surface area contributed by atoms with E-state index in [2.05, 4.69) is 16.9 Å². The summed E-state index contributed by atoms with van der Waals surface area (Å²) < 4.78 is 0. The minimum Gasteiger partial charge on any atom is -0.859 e. The number of aliphatic imine (C=N–C) groups is 1. The van der Waals surface area contributed by atoms with Crippen LogP contribution in [0, 0.1) is 0 Å². The van der Waals surface area contributed by atoms with Crippen molar-refractivity contribution in [2.75, 3.05) is 6.54 Å². The number of nitrogens with zero attached hydrogens (tertiary/aromatic N) is 1. The van der Waals surface area contributed by atoms with Crippen molar-refractivity contribution in [3.8, 4) is 0 Å². The zero-order valence-electron chi connectivity index (χ0n) is 18.1. The Bertz CT molecular complexity index is 650. The van der Waals surface area contributed by atoms with E-state index in [0.717, 1.165) is 56.9 Å². The topological polar surface area (TPSA) is 102 Å². The number of aliphatic carboxylic acids is 1. The van der Waals surface area contributed by atoms with E-state index in [1.807, 2.05) is 30.3 Å². The second-order valence-electron chi connectivity index (χ2n) is 7.15. The number of unbranched alkanes of at least 4 members (excludes halogenated alkanes) is 7. The van der Waals surface area contributed by atoms with Crippen molar-refractivity contribution in [2.24, 2.45) is 4.99 Å². The van der Waals surface area contributed by atoms with E-state index in [9.17, 15) is 19.8 Å². The number of amides is 1. The van der Waals surface area contributed by atoms with Crippen molar-refractivity contribution in [3.05, 3.63) is 48.6 Å². The van der Waals surface area contributed by atoms with Crippen LogP contribution in [0.1, 0.15) is 63.4 Å². The van der Waals surface area contributed by atoms with Gasteiger partial charge in [0.25, 0.3) is 0 Å². The monoisotopic (exact) mass is 424 g/mol. The minimum absolute atomic E-state index is 0. The van der Waals surface area contributed by atoms with Crippen LogP contribution in [0.3, 0.4) is 0 Å². The van der Waals surface area contributed by atoms with Crippen LogP contribution in [-0.4, -0.2) is 35.5 Å². The van der Waals surface area contributed by atoms with Crippen molar-refractivity contribution in [1.82, 2.24) is 5.32 Å². The number of carboxylic acids is 1. The Morgan fingerprint density at radius 1 is 1.03 bits per heavy atom. The third-order valence-electron chi connectivity index (χ3n) is 4.67. The average Bonchev–Trinajstić information content (AvgIpc) is 2.71. The summed E-state index contributed by atoms with van der Waals surface area (Å²) in [5.41, 5.74) is 0.890. The smallest absolute Gasteiger partial charge is 0.859 e. The molecule has 0 aromatic heterocycles. The maximum atomic E-state index is 12.0. The number of hydrogen-bond donors (Lipinski definition) is 2. The Kier molecular flexibility index (Phi) is 17.2. The van der Waals surface area contributed by atoms with Gasteiger partial charge in [0.1, 0.15) is 6.04 Å². The van der Waals surface area contributed by atoms with Crippen LogP contribution in [0.25, 0.3) is 0 Å². The summed E-state index contributed by atoms with van der Waals surface area (Å²) in [5.74, 6) is -1.46. The summed E-state index contributed by atoms with van der Waals surface area (Å²) in [7, 11) is 0. The van der Waals surface area contributed by atoms with E-state index in [0.29, 0.717) is 13.0 Å². The number of rotatable bonds is 16. The summed E-state index contributed by atoms with van der Waals surface area (Å²) in [6.07, 6.45) is 10.0. The maximum Gasteiger partial charge on any atom is 1.00 e. The fourth-order valence-corrected chi connectivity index (χ4v) is 3.03. The Morgan fingerprint density at radius 3 is 2.17 bits per heavy atom. The largest absolute Gasteiger partial charge is 1.00 e. The summed E-state index contributed by atoms with van der Waals surface area (Å²) in [4.78, 5) is 27.3. The molecule has 1 aromatic carbocycles. The minimum atomic E-state index is -1.01. The van der Waals surface area contributed by atoms with E-state index in [1.165, 1.54) is 6.08 Å². The summed E-state index contributed by atoms with van der Waals surface area (Å²) in [6.45, 7) is 3.95. The molecule has 0 fully saturated rings. The van der Waals surface area contributed by atoms with Gasteiger partial charge < -0.3 is 20.5 Å². The molecule has 1 rings (SSSR count). The number of carboxylic acid groups (broad SMARTS) is 1. The van der Waals surface area contributed by atoms with Gasteiger partial charge in [-0.1, -0.05) is 81.5 Å². The SMILES string of the molecule is C=CC([O-])=NCCCCCCCCCCC(=O)N[C@@H](Cc1ccccc1)C(=O)O.[Na+]. The first kappa shape index (κ1) is 28.4. The fourth-order valence-electron chi connectivity index (χ4n) is 3.03. The number of benzene rings is 1. The van der Waals surface area contributed by atoms with Crippen LogP contribution in [-0.2, 0) is 16.0 Å². The molecule has 0 spiro atoms. The zero-order valence-corrected chi connectivity index (χ0v) is 20.1. The molecule has 0 aliphatic rings. The summed E-state index contributed by atoms with van der Waals surface area (Å²) in [5, 5.41) is 22.9. The summed E-state index contributed by atoms with van der Waals surface area (Å²) in [6, 6.07) is 8.42. The molecule has 0 aliphatic carbocycles. The van der Waals surface area contributed by atoms with Crippen LogP contribution < -0.4 is 40.0 Å². The third kappa shape index (κ3) is 14.4. The van der Waals surface area contributed by atoms with E-state index in [4.69, 9.17) is 0 Å². The molecular weight excluding hydrogens is 391 g/mol. The predicted octanol–water partition coefficient (Wildman–Crippen LogP) is 0.258. The van der Waals surface area contributed by atoms with Gasteiger partial charge >= 0.3 is 35.5 Å². The second-order valence-corrected chi connectivity index (χ2v) is 7.15. The molecule has 0 saturated heterocycles. The first-order valence-corrected chi connectivity index (χ1v) is 10.4. The van der Waals surface area contributed by atoms with Crippen molar-refractivity contribution in [3.63, 3.8) is 0 Å². The number of nitrogens with one attached hydrogen (secondary N) is 1. The molecule has 0 heterocycles. The molecule has 1 aromatic rings. The first-order chi connectivity index (χ1) is 14.0. The van der Waals surface area contributed by atoms with Crippen LogP contribution in [0.2, 0.25) is 0 Å². The van der Waals surface area contributed by atoms with Crippen LogP contribution in [0.4, 0.5) is 0 Å². The van der Waals surface area contributed by atoms with Crippen LogP contribution >= 0.6 is 0 Å². The van der Waals surface area contributed by atoms with Gasteiger partial charge in [0.2, 0.25) is 5.91 Å². The first-order valence-electron chi connectivity index (χ1n) is 10.4. The number of hydrogen-bond acceptors (Lipinski definition) is 4. The van der Waals surface area contributed by atoms with E-state index in [-0.39, 0.29) is 47.8 Å². The van der Waals surface area contributed by atoms with Crippen LogP contribution in [0.15, 0.2) is 48.0 Å². The molecule has 30 heavy (non-hydrogen) atoms. The predicted molar refractivity (Wildman–Crippen MR) is 114 cm³/mol. The van der Waals surface area contributed by atoms with Crippen molar-refractivity contribution in [1.29, 1.82) is 0 Å². The van der Waals surface area contributed by atoms with Gasteiger partial charge in [-0.05, 0) is 24.3 Å². The molecule has 0 radical (unpaired) electrons. The van der Waals surface area contributed by atoms with Gasteiger partial charge in [-0.15, -0.1) is 0 Å². The van der Waals surface area contributed by atoms with Crippen LogP contribution in [0.5, 0.6) is 0 Å². The van der Waals surface area contributed by atoms with E-state index >= 15 is 0 Å². The van der Waals surface area contributed by atoms with Crippen molar-refractivity contribution >= 4 is 17.8 Å². The van der Waals surface area contributed by atoms with Crippen molar-refractivity contribution in [2.45, 2.75) is 70.3 Å². The molecule has 2 N–H and O–H groups in total. The van der Waals surface area contributed by atoms with E-state index < -0.39 is 12.0 Å². The third-order valence-corrected chi connectivity index (χ3v) is 4.67. The van der Waals surface area contributed by atoms with E-state index in [1.54, 1.807) is 0 Å². The Morgan fingerprint density at radius 2 is 1.60 bits per heavy atom. The van der Waals surface area contributed by atoms with Gasteiger partial charge in [0.05, 0.1) is 0 Å². The Hall–Kier alpha value is -1.63. The molecule has 0 bridgehead atoms. The Labute approximate surface area is 202 Å². The number of carbonyl (C=O) groups is 2. The van der Waals surface area contributed by atoms with Gasteiger partial charge in [-0.3, -0.25) is 4.79 Å². The second kappa shape index (κ2) is 18.2. The quantitative estimate of drug-likeness (QED) is 0.172. The van der Waals surface area contributed by atoms with Gasteiger partial charge in [-0.25, -0.2) is 4.79 Å². The molecule has 0 saturated carbocycles. The molecule has 160 valence electrons. The molecule has 1 amide bonds. The zero-order chi connectivity index (χ0) is 21.3. The molecule has 7 heteroatoms.